The highest BCUT2D eigenvalue weighted by Crippen LogP contribution is 2.33. The number of nitro groups is 1. The van der Waals surface area contributed by atoms with E-state index < -0.39 is 0 Å². The lowest BCUT2D eigenvalue weighted by atomic mass is 9.88. The van der Waals surface area contributed by atoms with Crippen molar-refractivity contribution in [2.24, 2.45) is 0 Å². The lowest BCUT2D eigenvalue weighted by Crippen LogP contribution is -2.31. The van der Waals surface area contributed by atoms with Gasteiger partial charge in [-0.15, -0.1) is 0 Å². The van der Waals surface area contributed by atoms with Crippen LogP contribution in [0.5, 0.6) is 0 Å². The van der Waals surface area contributed by atoms with Crippen molar-refractivity contribution < 1.29 is 9.34 Å². The molecule has 1 saturated carbocycles. The molecule has 2 aromatic heterocycles. The third kappa shape index (κ3) is 4.23. The fourth-order valence-electron chi connectivity index (χ4n) is 4.75. The fraction of sp³-hybridized carbons (Fsp3) is 0.417. The molecule has 0 atom stereocenters. The van der Waals surface area contributed by atoms with Crippen LogP contribution in [0.3, 0.4) is 0 Å². The zero-order valence-corrected chi connectivity index (χ0v) is 17.5. The molecule has 0 amide bonds. The lowest BCUT2D eigenvalue weighted by molar-refractivity contribution is -0.384. The summed E-state index contributed by atoms with van der Waals surface area (Å²) in [5.41, 5.74) is 2.94. The van der Waals surface area contributed by atoms with Crippen LogP contribution >= 0.6 is 0 Å². The molecule has 5 rings (SSSR count). The van der Waals surface area contributed by atoms with E-state index in [9.17, 15) is 10.1 Å². The second-order valence-electron chi connectivity index (χ2n) is 8.54. The first-order chi connectivity index (χ1) is 15.2. The quantitative estimate of drug-likeness (QED) is 0.415. The number of hydrogen-bond donors (Lipinski definition) is 0. The predicted octanol–water partition coefficient (Wildman–Crippen LogP) is 5.25. The number of benzene rings is 1. The van der Waals surface area contributed by atoms with E-state index in [1.165, 1.54) is 49.4 Å². The van der Waals surface area contributed by atoms with Gasteiger partial charge in [-0.2, -0.15) is 0 Å². The van der Waals surface area contributed by atoms with Crippen molar-refractivity contribution in [3.05, 3.63) is 75.6 Å². The van der Waals surface area contributed by atoms with Gasteiger partial charge in [0.15, 0.2) is 0 Å². The molecule has 0 spiro atoms. The maximum absolute atomic E-state index is 11.3. The maximum Gasteiger partial charge on any atom is 0.280 e. The molecule has 0 bridgehead atoms. The first kappa shape index (κ1) is 19.9. The maximum atomic E-state index is 11.3. The molecule has 160 valence electrons. The molecule has 2 aliphatic rings. The molecule has 7 heteroatoms. The number of para-hydroxylation sites is 1. The number of nitrogens with zero attached hydrogens (tertiary/aromatic N) is 4. The van der Waals surface area contributed by atoms with Crippen LogP contribution in [0.1, 0.15) is 60.9 Å². The summed E-state index contributed by atoms with van der Waals surface area (Å²) in [7, 11) is 0. The molecule has 1 aromatic carbocycles. The zero-order valence-electron chi connectivity index (χ0n) is 17.5. The summed E-state index contributed by atoms with van der Waals surface area (Å²) in [5, 5.41) is 11.3. The van der Waals surface area contributed by atoms with Crippen LogP contribution in [0.15, 0.2) is 47.0 Å². The third-order valence-corrected chi connectivity index (χ3v) is 6.41. The van der Waals surface area contributed by atoms with Crippen molar-refractivity contribution in [3.63, 3.8) is 0 Å². The van der Waals surface area contributed by atoms with E-state index >= 15 is 0 Å². The van der Waals surface area contributed by atoms with Gasteiger partial charge >= 0.3 is 0 Å². The average Bonchev–Trinajstić information content (AvgIpc) is 3.27. The number of fused-ring (bicyclic) bond motifs is 1. The molecule has 0 unspecified atom stereocenters. The Hall–Kier alpha value is -3.06. The van der Waals surface area contributed by atoms with Gasteiger partial charge in [0, 0.05) is 48.9 Å². The van der Waals surface area contributed by atoms with E-state index in [1.54, 1.807) is 18.2 Å². The van der Waals surface area contributed by atoms with Gasteiger partial charge in [-0.25, -0.2) is 9.97 Å². The van der Waals surface area contributed by atoms with Gasteiger partial charge in [-0.1, -0.05) is 31.4 Å². The van der Waals surface area contributed by atoms with Crippen LogP contribution in [-0.2, 0) is 19.5 Å². The SMILES string of the molecule is O=[N+]([O-])c1ccccc1-c1ccc(CN2CCc3nc(C4CCCCC4)ncc3C2)o1. The summed E-state index contributed by atoms with van der Waals surface area (Å²) in [5.74, 6) is 2.89. The van der Waals surface area contributed by atoms with E-state index in [-0.39, 0.29) is 10.6 Å². The molecule has 0 N–H and O–H groups in total. The van der Waals surface area contributed by atoms with Crippen LogP contribution in [-0.4, -0.2) is 26.3 Å². The van der Waals surface area contributed by atoms with Crippen molar-refractivity contribution in [3.8, 4) is 11.3 Å². The van der Waals surface area contributed by atoms with Crippen molar-refractivity contribution in [1.82, 2.24) is 14.9 Å². The summed E-state index contributed by atoms with van der Waals surface area (Å²) in [6, 6.07) is 10.4. The first-order valence-corrected chi connectivity index (χ1v) is 11.1. The lowest BCUT2D eigenvalue weighted by Gasteiger charge is -2.28. The number of aromatic nitrogens is 2. The Morgan fingerprint density at radius 2 is 1.97 bits per heavy atom. The third-order valence-electron chi connectivity index (χ3n) is 6.41. The second-order valence-corrected chi connectivity index (χ2v) is 8.54. The van der Waals surface area contributed by atoms with E-state index in [1.807, 2.05) is 18.3 Å². The molecule has 1 aliphatic carbocycles. The first-order valence-electron chi connectivity index (χ1n) is 11.1. The van der Waals surface area contributed by atoms with Crippen molar-refractivity contribution in [1.29, 1.82) is 0 Å². The fourth-order valence-corrected chi connectivity index (χ4v) is 4.75. The molecule has 1 fully saturated rings. The molecular formula is C24H26N4O3. The van der Waals surface area contributed by atoms with Gasteiger partial charge in [0.05, 0.1) is 17.0 Å². The normalized spacial score (nSPS) is 17.4. The molecule has 3 aromatic rings. The van der Waals surface area contributed by atoms with E-state index in [2.05, 4.69) is 4.90 Å². The van der Waals surface area contributed by atoms with Crippen LogP contribution in [0.4, 0.5) is 5.69 Å². The number of nitro benzene ring substituents is 1. The van der Waals surface area contributed by atoms with Gasteiger partial charge in [0.25, 0.3) is 5.69 Å². The van der Waals surface area contributed by atoms with Crippen LogP contribution in [0.2, 0.25) is 0 Å². The number of rotatable bonds is 5. The second kappa shape index (κ2) is 8.59. The molecule has 1 aliphatic heterocycles. The van der Waals surface area contributed by atoms with Gasteiger partial charge in [0.2, 0.25) is 0 Å². The highest BCUT2D eigenvalue weighted by Gasteiger charge is 2.24. The van der Waals surface area contributed by atoms with Gasteiger partial charge < -0.3 is 4.42 Å². The zero-order chi connectivity index (χ0) is 21.2. The highest BCUT2D eigenvalue weighted by atomic mass is 16.6. The topological polar surface area (TPSA) is 85.3 Å². The number of hydrogen-bond acceptors (Lipinski definition) is 6. The van der Waals surface area contributed by atoms with Crippen molar-refractivity contribution in [2.45, 2.75) is 57.5 Å². The monoisotopic (exact) mass is 418 g/mol. The van der Waals surface area contributed by atoms with Crippen LogP contribution in [0.25, 0.3) is 11.3 Å². The smallest absolute Gasteiger partial charge is 0.280 e. The predicted molar refractivity (Wildman–Crippen MR) is 116 cm³/mol. The molecule has 3 heterocycles. The van der Waals surface area contributed by atoms with Gasteiger partial charge in [0.1, 0.15) is 17.3 Å². The molecule has 7 nitrogen and oxygen atoms in total. The Morgan fingerprint density at radius 3 is 2.81 bits per heavy atom. The Morgan fingerprint density at radius 1 is 1.13 bits per heavy atom. The van der Waals surface area contributed by atoms with Crippen LogP contribution in [0, 0.1) is 10.1 Å². The van der Waals surface area contributed by atoms with Crippen molar-refractivity contribution >= 4 is 5.69 Å². The molecule has 31 heavy (non-hydrogen) atoms. The summed E-state index contributed by atoms with van der Waals surface area (Å²) >= 11 is 0. The standard InChI is InChI=1S/C24H26N4O3/c29-28(30)22-9-5-4-8-20(22)23-11-10-19(31-23)16-27-13-12-21-18(15-27)14-25-24(26-21)17-6-2-1-3-7-17/h4-5,8-11,14,17H,1-3,6-7,12-13,15-16H2. The van der Waals surface area contributed by atoms with Gasteiger partial charge in [-0.05, 0) is 31.0 Å². The van der Waals surface area contributed by atoms with E-state index in [4.69, 9.17) is 14.4 Å². The Bertz CT molecular complexity index is 1090. The minimum atomic E-state index is -0.374. The molecule has 0 radical (unpaired) electrons. The highest BCUT2D eigenvalue weighted by molar-refractivity contribution is 5.69. The molecular weight excluding hydrogens is 392 g/mol. The Balaban J connectivity index is 1.27. The Kier molecular flexibility index (Phi) is 5.51. The average molecular weight is 418 g/mol. The van der Waals surface area contributed by atoms with Gasteiger partial charge in [-0.3, -0.25) is 15.0 Å². The summed E-state index contributed by atoms with van der Waals surface area (Å²) in [6.45, 7) is 2.36. The van der Waals surface area contributed by atoms with Crippen LogP contribution < -0.4 is 0 Å². The van der Waals surface area contributed by atoms with E-state index in [0.717, 1.165) is 31.1 Å². The van der Waals surface area contributed by atoms with E-state index in [0.29, 0.717) is 23.8 Å². The number of furan rings is 1. The minimum absolute atomic E-state index is 0.0567. The minimum Gasteiger partial charge on any atom is -0.459 e. The Labute approximate surface area is 181 Å². The summed E-state index contributed by atoms with van der Waals surface area (Å²) < 4.78 is 5.97. The van der Waals surface area contributed by atoms with Crippen molar-refractivity contribution in [2.75, 3.05) is 6.54 Å². The summed E-state index contributed by atoms with van der Waals surface area (Å²) in [4.78, 5) is 22.9. The summed E-state index contributed by atoms with van der Waals surface area (Å²) in [6.07, 6.45) is 9.26. The largest absolute Gasteiger partial charge is 0.459 e. The molecule has 0 saturated heterocycles.